The van der Waals surface area contributed by atoms with Crippen LogP contribution in [0.4, 0.5) is 0 Å². The number of rotatable bonds is 9. The maximum Gasteiger partial charge on any atom is -0.0227 e. The minimum atomic E-state index is 0.706. The maximum atomic E-state index is 2.43. The van der Waals surface area contributed by atoms with Crippen molar-refractivity contribution < 1.29 is 0 Å². The highest BCUT2D eigenvalue weighted by Crippen LogP contribution is 2.28. The van der Waals surface area contributed by atoms with E-state index >= 15 is 0 Å². The first-order valence-corrected chi connectivity index (χ1v) is 8.08. The fourth-order valence-electron chi connectivity index (χ4n) is 3.06. The van der Waals surface area contributed by atoms with Crippen molar-refractivity contribution in [2.75, 3.05) is 0 Å². The van der Waals surface area contributed by atoms with E-state index in [9.17, 15) is 0 Å². The van der Waals surface area contributed by atoms with Crippen molar-refractivity contribution >= 4 is 0 Å². The van der Waals surface area contributed by atoms with Crippen molar-refractivity contribution in [1.29, 1.82) is 0 Å². The topological polar surface area (TPSA) is 0 Å². The van der Waals surface area contributed by atoms with E-state index in [-0.39, 0.29) is 0 Å². The molecule has 0 amide bonds. The predicted molar refractivity (Wildman–Crippen MR) is 84.8 cm³/mol. The largest absolute Gasteiger partial charge is 0.0879 e. The van der Waals surface area contributed by atoms with Crippen LogP contribution in [0.1, 0.15) is 80.6 Å². The van der Waals surface area contributed by atoms with E-state index in [1.54, 1.807) is 5.57 Å². The van der Waals surface area contributed by atoms with Crippen LogP contribution in [0.5, 0.6) is 0 Å². The van der Waals surface area contributed by atoms with E-state index in [0.717, 1.165) is 17.8 Å². The van der Waals surface area contributed by atoms with Crippen LogP contribution in [0.2, 0.25) is 0 Å². The zero-order chi connectivity index (χ0) is 14.1. The van der Waals surface area contributed by atoms with Gasteiger partial charge in [-0.1, -0.05) is 78.9 Å². The van der Waals surface area contributed by atoms with Crippen LogP contribution < -0.4 is 0 Å². The number of hydrogen-bond acceptors (Lipinski definition) is 0. The molecular formula is C18H36. The Morgan fingerprint density at radius 3 is 1.94 bits per heavy atom. The van der Waals surface area contributed by atoms with Crippen LogP contribution in [0.15, 0.2) is 11.6 Å². The van der Waals surface area contributed by atoms with Gasteiger partial charge in [0.15, 0.2) is 0 Å². The van der Waals surface area contributed by atoms with E-state index in [2.05, 4.69) is 54.5 Å². The molecule has 0 aliphatic carbocycles. The molecule has 0 radical (unpaired) electrons. The molecule has 0 spiro atoms. The molecule has 0 nitrogen and oxygen atoms in total. The molecule has 0 heterocycles. The molecule has 0 aromatic heterocycles. The Morgan fingerprint density at radius 2 is 1.50 bits per heavy atom. The fourth-order valence-corrected chi connectivity index (χ4v) is 3.06. The normalized spacial score (nSPS) is 17.9. The average molecular weight is 252 g/mol. The third kappa shape index (κ3) is 7.24. The summed E-state index contributed by atoms with van der Waals surface area (Å²) in [6.45, 7) is 16.3. The van der Waals surface area contributed by atoms with Crippen molar-refractivity contribution in [1.82, 2.24) is 0 Å². The van der Waals surface area contributed by atoms with Crippen molar-refractivity contribution in [3.63, 3.8) is 0 Å². The highest BCUT2D eigenvalue weighted by Gasteiger charge is 2.15. The Labute approximate surface area is 116 Å². The van der Waals surface area contributed by atoms with E-state index in [4.69, 9.17) is 0 Å². The minimum absolute atomic E-state index is 0.706. The Hall–Kier alpha value is -0.260. The third-order valence-corrected chi connectivity index (χ3v) is 4.42. The highest BCUT2D eigenvalue weighted by atomic mass is 14.2. The summed E-state index contributed by atoms with van der Waals surface area (Å²) in [5.74, 6) is 3.25. The monoisotopic (exact) mass is 252 g/mol. The van der Waals surface area contributed by atoms with Gasteiger partial charge in [-0.2, -0.15) is 0 Å². The van der Waals surface area contributed by atoms with E-state index in [0.29, 0.717) is 5.92 Å². The van der Waals surface area contributed by atoms with Gasteiger partial charge in [0.2, 0.25) is 0 Å². The standard InChI is InChI=1S/C18H36/c1-8-15(5)11-10-12-16(6)13-17(7)18(9-2)14(3)4/h9,14-17H,8,10-13H2,1-7H3. The first-order valence-electron chi connectivity index (χ1n) is 8.08. The average Bonchev–Trinajstić information content (AvgIpc) is 2.28. The summed E-state index contributed by atoms with van der Waals surface area (Å²) in [5.41, 5.74) is 1.64. The lowest BCUT2D eigenvalue weighted by atomic mass is 9.83. The van der Waals surface area contributed by atoms with Crippen molar-refractivity contribution in [3.05, 3.63) is 11.6 Å². The van der Waals surface area contributed by atoms with Gasteiger partial charge < -0.3 is 0 Å². The second-order valence-corrected chi connectivity index (χ2v) is 6.63. The van der Waals surface area contributed by atoms with Gasteiger partial charge in [0.25, 0.3) is 0 Å². The van der Waals surface area contributed by atoms with Crippen molar-refractivity contribution in [2.24, 2.45) is 23.7 Å². The summed E-state index contributed by atoms with van der Waals surface area (Å²) < 4.78 is 0. The molecule has 0 fully saturated rings. The first kappa shape index (κ1) is 17.7. The van der Waals surface area contributed by atoms with Crippen LogP contribution >= 0.6 is 0 Å². The highest BCUT2D eigenvalue weighted by molar-refractivity contribution is 5.07. The quantitative estimate of drug-likeness (QED) is 0.413. The molecule has 0 aliphatic rings. The van der Waals surface area contributed by atoms with Gasteiger partial charge >= 0.3 is 0 Å². The lowest BCUT2D eigenvalue weighted by Gasteiger charge is -2.23. The molecule has 0 saturated heterocycles. The van der Waals surface area contributed by atoms with Crippen molar-refractivity contribution in [3.8, 4) is 0 Å². The zero-order valence-corrected chi connectivity index (χ0v) is 13.9. The second-order valence-electron chi connectivity index (χ2n) is 6.63. The molecule has 18 heavy (non-hydrogen) atoms. The Bertz CT molecular complexity index is 224. The molecule has 3 atom stereocenters. The molecule has 0 saturated carbocycles. The zero-order valence-electron chi connectivity index (χ0n) is 13.9. The molecule has 0 heteroatoms. The first-order chi connectivity index (χ1) is 8.42. The Balaban J connectivity index is 3.97. The molecule has 0 bridgehead atoms. The van der Waals surface area contributed by atoms with Crippen LogP contribution in [-0.4, -0.2) is 0 Å². The second kappa shape index (κ2) is 9.64. The Kier molecular flexibility index (Phi) is 9.50. The molecule has 0 aromatic carbocycles. The van der Waals surface area contributed by atoms with Gasteiger partial charge in [0.05, 0.1) is 0 Å². The van der Waals surface area contributed by atoms with Gasteiger partial charge in [-0.15, -0.1) is 0 Å². The minimum Gasteiger partial charge on any atom is -0.0879 e. The fraction of sp³-hybridized carbons (Fsp3) is 0.889. The summed E-state index contributed by atoms with van der Waals surface area (Å²) in [4.78, 5) is 0. The van der Waals surface area contributed by atoms with Gasteiger partial charge in [0.1, 0.15) is 0 Å². The van der Waals surface area contributed by atoms with Crippen LogP contribution in [0, 0.1) is 23.7 Å². The van der Waals surface area contributed by atoms with Crippen molar-refractivity contribution in [2.45, 2.75) is 80.6 Å². The van der Waals surface area contributed by atoms with E-state index < -0.39 is 0 Å². The summed E-state index contributed by atoms with van der Waals surface area (Å²) in [6.07, 6.45) is 9.26. The maximum absolute atomic E-state index is 2.43. The van der Waals surface area contributed by atoms with E-state index in [1.807, 2.05) is 0 Å². The summed E-state index contributed by atoms with van der Waals surface area (Å²) in [6, 6.07) is 0. The molecule has 3 unspecified atom stereocenters. The smallest absolute Gasteiger partial charge is 0.0227 e. The SMILES string of the molecule is CC=C(C(C)C)C(C)CC(C)CCCC(C)CC. The van der Waals surface area contributed by atoms with Crippen LogP contribution in [-0.2, 0) is 0 Å². The third-order valence-electron chi connectivity index (χ3n) is 4.42. The van der Waals surface area contributed by atoms with Crippen LogP contribution in [0.25, 0.3) is 0 Å². The molecule has 0 N–H and O–H groups in total. The summed E-state index contributed by atoms with van der Waals surface area (Å²) in [7, 11) is 0. The van der Waals surface area contributed by atoms with Gasteiger partial charge in [0, 0.05) is 0 Å². The molecule has 0 aliphatic heterocycles. The number of allylic oxidation sites excluding steroid dienone is 2. The molecular weight excluding hydrogens is 216 g/mol. The van der Waals surface area contributed by atoms with Gasteiger partial charge in [-0.05, 0) is 37.0 Å². The molecule has 108 valence electrons. The summed E-state index contributed by atoms with van der Waals surface area (Å²) >= 11 is 0. The molecule has 0 rings (SSSR count). The predicted octanol–water partition coefficient (Wildman–Crippen LogP) is 6.47. The lowest BCUT2D eigenvalue weighted by Crippen LogP contribution is -2.10. The van der Waals surface area contributed by atoms with E-state index in [1.165, 1.54) is 32.1 Å². The molecule has 0 aromatic rings. The summed E-state index contributed by atoms with van der Waals surface area (Å²) in [5, 5.41) is 0. The number of hydrogen-bond donors (Lipinski definition) is 0. The lowest BCUT2D eigenvalue weighted by molar-refractivity contribution is 0.378. The van der Waals surface area contributed by atoms with Gasteiger partial charge in [-0.3, -0.25) is 0 Å². The van der Waals surface area contributed by atoms with Gasteiger partial charge in [-0.25, -0.2) is 0 Å². The van der Waals surface area contributed by atoms with Crippen LogP contribution in [0.3, 0.4) is 0 Å². The Morgan fingerprint density at radius 1 is 0.944 bits per heavy atom.